The quantitative estimate of drug-likeness (QED) is 0.731. The molecule has 2 heterocycles. The number of nitrogens with one attached hydrogen (secondary N) is 2. The van der Waals surface area contributed by atoms with Crippen molar-refractivity contribution >= 4 is 32.5 Å². The first-order valence-electron chi connectivity index (χ1n) is 8.83. The monoisotopic (exact) mass is 367 g/mol. The van der Waals surface area contributed by atoms with Crippen LogP contribution in [-0.4, -0.2) is 43.1 Å². The maximum absolute atomic E-state index is 12.5. The van der Waals surface area contributed by atoms with Gasteiger partial charge in [-0.15, -0.1) is 0 Å². The Labute approximate surface area is 151 Å². The lowest BCUT2D eigenvalue weighted by Gasteiger charge is -2.30. The number of carbonyl (C=O) groups excluding carboxylic acids is 1. The lowest BCUT2D eigenvalue weighted by Crippen LogP contribution is -2.42. The number of hydrogen-bond acceptors (Lipinski definition) is 3. The van der Waals surface area contributed by atoms with Gasteiger partial charge in [-0.05, 0) is 43.5 Å². The first kappa shape index (κ1) is 17.8. The van der Waals surface area contributed by atoms with E-state index in [9.17, 15) is 13.2 Å². The van der Waals surface area contributed by atoms with Crippen molar-refractivity contribution in [2.75, 3.05) is 23.6 Å². The minimum atomic E-state index is -3.34. The second kappa shape index (κ2) is 7.07. The molecule has 1 amide bonds. The highest BCUT2D eigenvalue weighted by molar-refractivity contribution is 7.92. The van der Waals surface area contributed by atoms with E-state index in [4.69, 9.17) is 0 Å². The van der Waals surface area contributed by atoms with E-state index in [-0.39, 0.29) is 14.5 Å². The Morgan fingerprint density at radius 3 is 2.72 bits per heavy atom. The number of unbranched alkanes of at least 4 members (excludes halogenated alkanes) is 2. The molecule has 2 N–H and O–H groups in total. The summed E-state index contributed by atoms with van der Waals surface area (Å²) in [6.07, 6.45) is 3.59. The average Bonchev–Trinajstić information content (AvgIpc) is 2.82. The molecule has 0 unspecified atom stereocenters. The van der Waals surface area contributed by atoms with Crippen LogP contribution in [0.4, 0.5) is 5.69 Å². The van der Waals surface area contributed by atoms with Crippen LogP contribution in [0.25, 0.3) is 10.9 Å². The first-order chi connectivity index (χ1) is 11.9. The summed E-state index contributed by atoms with van der Waals surface area (Å²) in [5, 5.41) is 0.873. The van der Waals surface area contributed by atoms with Gasteiger partial charge in [0, 0.05) is 32.5 Å². The molecule has 0 radical (unpaired) electrons. The van der Waals surface area contributed by atoms with Gasteiger partial charge in [-0.1, -0.05) is 19.8 Å². The summed E-state index contributed by atoms with van der Waals surface area (Å²) < 4.78 is 27.0. The molecule has 0 aliphatic carbocycles. The summed E-state index contributed by atoms with van der Waals surface area (Å²) in [7, 11) is -3.34. The van der Waals surface area contributed by atoms with E-state index in [1.807, 2.05) is 24.8 Å². The number of nitrogens with zero attached hydrogens (tertiary/aromatic N) is 1. The Morgan fingerprint density at radius 1 is 1.32 bits per heavy atom. The van der Waals surface area contributed by atoms with Crippen molar-refractivity contribution in [3.05, 3.63) is 29.5 Å². The summed E-state index contributed by atoms with van der Waals surface area (Å²) in [5.41, 5.74) is 2.83. The van der Waals surface area contributed by atoms with E-state index in [2.05, 4.69) is 9.71 Å². The van der Waals surface area contributed by atoms with Gasteiger partial charge in [0.1, 0.15) is 5.69 Å². The average molecular weight is 368 g/mol. The van der Waals surface area contributed by atoms with Crippen LogP contribution >= 0.6 is 0 Å². The molecule has 7 heteroatoms. The number of aryl methyl sites for hydroxylation is 1. The van der Waals surface area contributed by atoms with Crippen LogP contribution in [0.1, 0.15) is 51.5 Å². The number of carbonyl (C=O) groups is 1. The molecule has 6 nitrogen and oxygen atoms in total. The molecule has 1 aliphatic rings. The number of aromatic amines is 1. The number of rotatable bonds is 7. The molecular formula is C18H29N3O3S. The fourth-order valence-corrected chi connectivity index (χ4v) is 4.23. The highest BCUT2D eigenvalue weighted by Gasteiger charge is 2.25. The summed E-state index contributed by atoms with van der Waals surface area (Å²) in [5.74, 6) is 0.144. The number of aromatic nitrogens is 1. The van der Waals surface area contributed by atoms with Crippen molar-refractivity contribution in [2.24, 2.45) is 0 Å². The minimum Gasteiger partial charge on any atom is -0.350 e. The van der Waals surface area contributed by atoms with E-state index < -0.39 is 10.0 Å². The van der Waals surface area contributed by atoms with Crippen LogP contribution < -0.4 is 4.72 Å². The number of amides is 1. The van der Waals surface area contributed by atoms with Crippen molar-refractivity contribution < 1.29 is 16.1 Å². The van der Waals surface area contributed by atoms with Crippen molar-refractivity contribution in [3.8, 4) is 0 Å². The number of sulfonamides is 1. The highest BCUT2D eigenvalue weighted by atomic mass is 32.2. The van der Waals surface area contributed by atoms with Gasteiger partial charge in [0.25, 0.3) is 5.91 Å². The molecule has 2 aromatic rings. The van der Waals surface area contributed by atoms with Crippen molar-refractivity contribution in [2.45, 2.75) is 39.5 Å². The zero-order valence-electron chi connectivity index (χ0n) is 14.8. The maximum atomic E-state index is 12.5. The maximum Gasteiger partial charge on any atom is 0.270 e. The second-order valence-electron chi connectivity index (χ2n) is 6.66. The molecule has 0 bridgehead atoms. The van der Waals surface area contributed by atoms with Gasteiger partial charge in [-0.3, -0.25) is 9.52 Å². The Bertz CT molecular complexity index is 893. The van der Waals surface area contributed by atoms with Crippen LogP contribution in [0.2, 0.25) is 0 Å². The fourth-order valence-electron chi connectivity index (χ4n) is 3.05. The van der Waals surface area contributed by atoms with Gasteiger partial charge in [-0.2, -0.15) is 0 Å². The van der Waals surface area contributed by atoms with Gasteiger partial charge in [0.15, 0.2) is 0 Å². The van der Waals surface area contributed by atoms with E-state index in [0.29, 0.717) is 17.8 Å². The van der Waals surface area contributed by atoms with Crippen LogP contribution in [0, 0.1) is 6.92 Å². The third-order valence-corrected chi connectivity index (χ3v) is 6.08. The second-order valence-corrected chi connectivity index (χ2v) is 8.50. The number of fused-ring (bicyclic) bond motifs is 1. The van der Waals surface area contributed by atoms with Crippen LogP contribution in [0.5, 0.6) is 0 Å². The zero-order valence-corrected chi connectivity index (χ0v) is 15.6. The van der Waals surface area contributed by atoms with E-state index in [1.54, 1.807) is 12.1 Å². The number of likely N-dealkylation sites (tertiary alicyclic amines) is 1. The zero-order chi connectivity index (χ0) is 18.0. The number of anilines is 1. The predicted molar refractivity (Wildman–Crippen MR) is 105 cm³/mol. The SMILES string of the molecule is CCCCCS(=O)(=O)Nc1ccc2[nH]c(C(=O)N3CCC3)c(C)c2c1.[HH].[HH]. The fraction of sp³-hybridized carbons (Fsp3) is 0.500. The third kappa shape index (κ3) is 3.81. The summed E-state index contributed by atoms with van der Waals surface area (Å²) in [6.45, 7) is 5.54. The third-order valence-electron chi connectivity index (χ3n) is 4.71. The van der Waals surface area contributed by atoms with Gasteiger partial charge >= 0.3 is 0 Å². The predicted octanol–water partition coefficient (Wildman–Crippen LogP) is 3.75. The lowest BCUT2D eigenvalue weighted by atomic mass is 10.1. The van der Waals surface area contributed by atoms with Crippen molar-refractivity contribution in [3.63, 3.8) is 0 Å². The summed E-state index contributed by atoms with van der Waals surface area (Å²) in [6, 6.07) is 5.35. The Morgan fingerprint density at radius 2 is 2.08 bits per heavy atom. The van der Waals surface area contributed by atoms with Crippen LogP contribution in [0.3, 0.4) is 0 Å². The van der Waals surface area contributed by atoms with Crippen molar-refractivity contribution in [1.29, 1.82) is 0 Å². The minimum absolute atomic E-state index is 0. The molecule has 0 spiro atoms. The van der Waals surface area contributed by atoms with Crippen molar-refractivity contribution in [1.82, 2.24) is 9.88 Å². The highest BCUT2D eigenvalue weighted by Crippen LogP contribution is 2.27. The summed E-state index contributed by atoms with van der Waals surface area (Å²) in [4.78, 5) is 17.5. The van der Waals surface area contributed by atoms with Gasteiger partial charge in [0.2, 0.25) is 10.0 Å². The Hall–Kier alpha value is -2.02. The molecule has 1 aromatic carbocycles. The van der Waals surface area contributed by atoms with Crippen LogP contribution in [0.15, 0.2) is 18.2 Å². The molecule has 0 saturated carbocycles. The molecule has 3 rings (SSSR count). The van der Waals surface area contributed by atoms with Gasteiger partial charge in [-0.25, -0.2) is 8.42 Å². The normalized spacial score (nSPS) is 14.6. The van der Waals surface area contributed by atoms with E-state index >= 15 is 0 Å². The largest absolute Gasteiger partial charge is 0.350 e. The molecular weight excluding hydrogens is 338 g/mol. The van der Waals surface area contributed by atoms with E-state index in [1.165, 1.54) is 0 Å². The molecule has 1 aliphatic heterocycles. The molecule has 1 aromatic heterocycles. The van der Waals surface area contributed by atoms with Crippen LogP contribution in [-0.2, 0) is 10.0 Å². The molecule has 1 saturated heterocycles. The number of H-pyrrole nitrogens is 1. The van der Waals surface area contributed by atoms with E-state index in [0.717, 1.165) is 48.8 Å². The number of hydrogen-bond donors (Lipinski definition) is 2. The molecule has 0 atom stereocenters. The molecule has 1 fully saturated rings. The topological polar surface area (TPSA) is 82.3 Å². The smallest absolute Gasteiger partial charge is 0.270 e. The summed E-state index contributed by atoms with van der Waals surface area (Å²) >= 11 is 0. The molecule has 25 heavy (non-hydrogen) atoms. The van der Waals surface area contributed by atoms with Gasteiger partial charge < -0.3 is 9.88 Å². The Kier molecular flexibility index (Phi) is 5.03. The first-order valence-corrected chi connectivity index (χ1v) is 10.5. The lowest BCUT2D eigenvalue weighted by molar-refractivity contribution is 0.0646. The Balaban J connectivity index is 0.00000182. The van der Waals surface area contributed by atoms with Gasteiger partial charge in [0.05, 0.1) is 5.75 Å². The molecule has 140 valence electrons. The standard InChI is InChI=1S/C18H25N3O3S.2H2/c1-3-4-5-11-25(23,24)20-14-7-8-16-15(12-14)13(2)17(19-16)18(22)21-9-6-10-21;;/h7-8,12,19-20H,3-6,9-11H2,1-2H3;2*1H. The number of benzene rings is 1.